The fourth-order valence-corrected chi connectivity index (χ4v) is 3.15. The average Bonchev–Trinajstić information content (AvgIpc) is 2.66. The normalized spacial score (nSPS) is 11.0. The number of nitro benzene ring substituents is 1. The Morgan fingerprint density at radius 2 is 2.03 bits per heavy atom. The van der Waals surface area contributed by atoms with Gasteiger partial charge in [0.15, 0.2) is 5.69 Å². The fraction of sp³-hybridized carbons (Fsp3) is 0.421. The third kappa shape index (κ3) is 4.88. The lowest BCUT2D eigenvalue weighted by atomic mass is 10.1. The summed E-state index contributed by atoms with van der Waals surface area (Å²) in [5.41, 5.74) is 4.05. The van der Waals surface area contributed by atoms with E-state index in [1.54, 1.807) is 0 Å². The van der Waals surface area contributed by atoms with Crippen molar-refractivity contribution in [1.82, 2.24) is 9.55 Å². The van der Waals surface area contributed by atoms with Crippen molar-refractivity contribution in [3.05, 3.63) is 59.7 Å². The topological polar surface area (TPSA) is 144 Å². The average molecular weight is 438 g/mol. The van der Waals surface area contributed by atoms with Crippen LogP contribution in [0.15, 0.2) is 27.8 Å². The molecule has 1 heterocycles. The summed E-state index contributed by atoms with van der Waals surface area (Å²) in [4.78, 5) is 51.9. The lowest BCUT2D eigenvalue weighted by Gasteiger charge is -2.26. The number of aromatic nitrogens is 2. The molecular formula is C19H24ClN5O5. The summed E-state index contributed by atoms with van der Waals surface area (Å²) in [6.07, 6.45) is 1.44. The molecule has 10 nitrogen and oxygen atoms in total. The Morgan fingerprint density at radius 3 is 2.60 bits per heavy atom. The van der Waals surface area contributed by atoms with Gasteiger partial charge in [-0.3, -0.25) is 29.3 Å². The van der Waals surface area contributed by atoms with E-state index in [9.17, 15) is 24.5 Å². The van der Waals surface area contributed by atoms with Crippen molar-refractivity contribution in [2.75, 3.05) is 17.2 Å². The van der Waals surface area contributed by atoms with Crippen molar-refractivity contribution in [2.24, 2.45) is 5.92 Å². The van der Waals surface area contributed by atoms with Crippen molar-refractivity contribution in [3.8, 4) is 0 Å². The summed E-state index contributed by atoms with van der Waals surface area (Å²) in [6, 6.07) is 3.63. The molecule has 0 saturated carbocycles. The van der Waals surface area contributed by atoms with Crippen LogP contribution in [0.5, 0.6) is 0 Å². The molecule has 1 aromatic carbocycles. The second kappa shape index (κ2) is 9.57. The lowest BCUT2D eigenvalue weighted by Crippen LogP contribution is -2.42. The van der Waals surface area contributed by atoms with Gasteiger partial charge in [0.1, 0.15) is 10.8 Å². The Bertz CT molecular complexity index is 1080. The van der Waals surface area contributed by atoms with Crippen LogP contribution in [0.4, 0.5) is 17.2 Å². The second-order valence-corrected chi connectivity index (χ2v) is 7.64. The molecule has 0 spiro atoms. The third-order valence-corrected chi connectivity index (χ3v) is 4.72. The number of nitrogen functional groups attached to an aromatic ring is 1. The van der Waals surface area contributed by atoms with Gasteiger partial charge in [-0.25, -0.2) is 4.79 Å². The van der Waals surface area contributed by atoms with Crippen molar-refractivity contribution in [2.45, 2.75) is 40.2 Å². The van der Waals surface area contributed by atoms with Gasteiger partial charge < -0.3 is 10.6 Å². The number of nitrogens with zero attached hydrogens (tertiary/aromatic N) is 3. The smallest absolute Gasteiger partial charge is 0.330 e. The highest BCUT2D eigenvalue weighted by Gasteiger charge is 2.27. The Morgan fingerprint density at radius 1 is 1.37 bits per heavy atom. The first-order valence-electron chi connectivity index (χ1n) is 9.46. The number of nitro groups is 1. The highest BCUT2D eigenvalue weighted by molar-refractivity contribution is 6.32. The number of anilines is 2. The molecule has 0 aliphatic heterocycles. The molecular weight excluding hydrogens is 414 g/mol. The Kier molecular flexibility index (Phi) is 7.38. The Hall–Kier alpha value is -3.14. The first-order valence-corrected chi connectivity index (χ1v) is 9.84. The van der Waals surface area contributed by atoms with Crippen molar-refractivity contribution in [3.63, 3.8) is 0 Å². The highest BCUT2D eigenvalue weighted by atomic mass is 35.5. The number of benzene rings is 1. The van der Waals surface area contributed by atoms with Crippen LogP contribution in [0.25, 0.3) is 0 Å². The van der Waals surface area contributed by atoms with Gasteiger partial charge in [0.25, 0.3) is 17.2 Å². The zero-order valence-corrected chi connectivity index (χ0v) is 17.7. The number of rotatable bonds is 8. The van der Waals surface area contributed by atoms with Crippen LogP contribution in [0.1, 0.15) is 44.0 Å². The largest absolute Gasteiger partial charge is 0.383 e. The molecule has 0 atom stereocenters. The first kappa shape index (κ1) is 23.1. The number of unbranched alkanes of at least 4 members (excludes halogenated alkanes) is 1. The van der Waals surface area contributed by atoms with Gasteiger partial charge in [-0.2, -0.15) is 0 Å². The van der Waals surface area contributed by atoms with E-state index in [0.29, 0.717) is 6.42 Å². The minimum atomic E-state index is -0.803. The van der Waals surface area contributed by atoms with Crippen LogP contribution in [0.2, 0.25) is 5.02 Å². The van der Waals surface area contributed by atoms with E-state index >= 15 is 0 Å². The molecule has 2 aromatic rings. The van der Waals surface area contributed by atoms with Crippen molar-refractivity contribution >= 4 is 34.7 Å². The van der Waals surface area contributed by atoms with Crippen molar-refractivity contribution < 1.29 is 9.72 Å². The molecule has 11 heteroatoms. The quantitative estimate of drug-likeness (QED) is 0.479. The number of aromatic amines is 1. The maximum atomic E-state index is 13.2. The fourth-order valence-electron chi connectivity index (χ4n) is 2.96. The van der Waals surface area contributed by atoms with Crippen LogP contribution in [0.3, 0.4) is 0 Å². The van der Waals surface area contributed by atoms with E-state index in [4.69, 9.17) is 17.3 Å². The van der Waals surface area contributed by atoms with Crippen LogP contribution in [0, 0.1) is 16.0 Å². The minimum absolute atomic E-state index is 0.0307. The third-order valence-electron chi connectivity index (χ3n) is 4.40. The Labute approximate surface area is 177 Å². The molecule has 0 radical (unpaired) electrons. The summed E-state index contributed by atoms with van der Waals surface area (Å²) >= 11 is 5.83. The molecule has 0 fully saturated rings. The van der Waals surface area contributed by atoms with Crippen LogP contribution >= 0.6 is 11.6 Å². The summed E-state index contributed by atoms with van der Waals surface area (Å²) in [7, 11) is 0. The zero-order chi connectivity index (χ0) is 22.6. The number of nitrogens with one attached hydrogen (secondary N) is 1. The maximum absolute atomic E-state index is 13.2. The van der Waals surface area contributed by atoms with Gasteiger partial charge in [-0.15, -0.1) is 0 Å². The molecule has 30 heavy (non-hydrogen) atoms. The first-order chi connectivity index (χ1) is 14.1. The highest BCUT2D eigenvalue weighted by Crippen LogP contribution is 2.27. The molecule has 3 N–H and O–H groups in total. The van der Waals surface area contributed by atoms with Gasteiger partial charge in [0.2, 0.25) is 0 Å². The van der Waals surface area contributed by atoms with E-state index in [2.05, 4.69) is 4.98 Å². The maximum Gasteiger partial charge on any atom is 0.330 e. The van der Waals surface area contributed by atoms with Crippen molar-refractivity contribution in [1.29, 1.82) is 0 Å². The molecule has 0 unspecified atom stereocenters. The predicted molar refractivity (Wildman–Crippen MR) is 115 cm³/mol. The number of carbonyl (C=O) groups excluding carboxylic acids is 1. The SMILES string of the molecule is CCCCn1c(N)c(N(CC(C)C)C(=O)c2ccc(Cl)c([N+](=O)[O-])c2)c(=O)[nH]c1=O. The molecule has 162 valence electrons. The minimum Gasteiger partial charge on any atom is -0.383 e. The van der Waals surface area contributed by atoms with E-state index in [1.807, 2.05) is 20.8 Å². The molecule has 0 aliphatic carbocycles. The number of carbonyl (C=O) groups is 1. The number of hydrogen-bond donors (Lipinski definition) is 2. The summed E-state index contributed by atoms with van der Waals surface area (Å²) in [6.45, 7) is 6.00. The zero-order valence-electron chi connectivity index (χ0n) is 17.0. The van der Waals surface area contributed by atoms with Gasteiger partial charge in [-0.05, 0) is 24.5 Å². The van der Waals surface area contributed by atoms with E-state index in [1.165, 1.54) is 16.7 Å². The lowest BCUT2D eigenvalue weighted by molar-refractivity contribution is -0.384. The summed E-state index contributed by atoms with van der Waals surface area (Å²) in [5.74, 6) is -0.859. The summed E-state index contributed by atoms with van der Waals surface area (Å²) < 4.78 is 1.21. The molecule has 0 saturated heterocycles. The predicted octanol–water partition coefficient (Wildman–Crippen LogP) is 2.78. The molecule has 1 aromatic heterocycles. The van der Waals surface area contributed by atoms with E-state index in [-0.39, 0.29) is 41.1 Å². The van der Waals surface area contributed by atoms with Gasteiger partial charge in [0.05, 0.1) is 4.92 Å². The second-order valence-electron chi connectivity index (χ2n) is 7.23. The molecule has 0 bridgehead atoms. The van der Waals surface area contributed by atoms with Crippen LogP contribution in [-0.4, -0.2) is 26.9 Å². The van der Waals surface area contributed by atoms with Gasteiger partial charge in [-0.1, -0.05) is 38.8 Å². The van der Waals surface area contributed by atoms with Gasteiger partial charge >= 0.3 is 5.69 Å². The molecule has 2 rings (SSSR count). The van der Waals surface area contributed by atoms with E-state index < -0.39 is 27.8 Å². The summed E-state index contributed by atoms with van der Waals surface area (Å²) in [5, 5.41) is 11.1. The van der Waals surface area contributed by atoms with E-state index in [0.717, 1.165) is 17.4 Å². The number of halogens is 1. The number of amides is 1. The van der Waals surface area contributed by atoms with Crippen LogP contribution < -0.4 is 21.9 Å². The number of nitrogens with two attached hydrogens (primary N) is 1. The monoisotopic (exact) mass is 437 g/mol. The molecule has 1 amide bonds. The number of H-pyrrole nitrogens is 1. The molecule has 0 aliphatic rings. The standard InChI is InChI=1S/C19H24ClN5O5/c1-4-5-8-23-16(21)15(17(26)22-19(23)28)24(10-11(2)3)18(27)12-6-7-13(20)14(9-12)25(29)30/h6-7,9,11H,4-5,8,10,21H2,1-3H3,(H,22,26,28). The van der Waals surface area contributed by atoms with Gasteiger partial charge in [0, 0.05) is 24.7 Å². The number of hydrogen-bond acceptors (Lipinski definition) is 6. The van der Waals surface area contributed by atoms with Crippen LogP contribution in [-0.2, 0) is 6.54 Å². The Balaban J connectivity index is 2.65.